The Morgan fingerprint density at radius 2 is 2.28 bits per heavy atom. The molecule has 1 atom stereocenters. The smallest absolute Gasteiger partial charge is 0.229 e. The molecule has 4 rings (SSSR count). The highest BCUT2D eigenvalue weighted by Gasteiger charge is 2.29. The van der Waals surface area contributed by atoms with Crippen molar-refractivity contribution in [3.05, 3.63) is 53.0 Å². The Labute approximate surface area is 146 Å². The first-order chi connectivity index (χ1) is 12.3. The number of methoxy groups -OCH3 is 1. The first-order valence-corrected chi connectivity index (χ1v) is 8.65. The molecule has 0 fully saturated rings. The van der Waals surface area contributed by atoms with Gasteiger partial charge in [-0.15, -0.1) is 0 Å². The predicted octanol–water partition coefficient (Wildman–Crippen LogP) is 2.77. The minimum absolute atomic E-state index is 0.0652. The lowest BCUT2D eigenvalue weighted by molar-refractivity contribution is -0.123. The van der Waals surface area contributed by atoms with Gasteiger partial charge in [0.05, 0.1) is 30.5 Å². The lowest BCUT2D eigenvalue weighted by Gasteiger charge is -2.21. The SMILES string of the molecule is COCc1cc(CNC(=O)C2CCCc3c2[nH]c2ccccc32)[nH]n1. The largest absolute Gasteiger partial charge is 0.378 e. The number of hydrogen-bond donors (Lipinski definition) is 3. The number of H-pyrrole nitrogens is 2. The van der Waals surface area contributed by atoms with Crippen molar-refractivity contribution >= 4 is 16.8 Å². The fourth-order valence-electron chi connectivity index (χ4n) is 3.70. The highest BCUT2D eigenvalue weighted by molar-refractivity contribution is 5.90. The van der Waals surface area contributed by atoms with E-state index in [1.54, 1.807) is 7.11 Å². The number of aryl methyl sites for hydroxylation is 1. The molecule has 2 heterocycles. The average molecular weight is 338 g/mol. The Balaban J connectivity index is 1.49. The summed E-state index contributed by atoms with van der Waals surface area (Å²) < 4.78 is 5.06. The highest BCUT2D eigenvalue weighted by Crippen LogP contribution is 2.36. The molecule has 1 aliphatic rings. The van der Waals surface area contributed by atoms with Crippen LogP contribution in [0.4, 0.5) is 0 Å². The van der Waals surface area contributed by atoms with E-state index < -0.39 is 0 Å². The zero-order valence-electron chi connectivity index (χ0n) is 14.3. The van der Waals surface area contributed by atoms with E-state index in [1.165, 1.54) is 10.9 Å². The molecule has 130 valence electrons. The molecular weight excluding hydrogens is 316 g/mol. The Bertz CT molecular complexity index is 896. The number of nitrogens with one attached hydrogen (secondary N) is 3. The number of para-hydroxylation sites is 1. The van der Waals surface area contributed by atoms with Gasteiger partial charge in [-0.1, -0.05) is 18.2 Å². The fourth-order valence-corrected chi connectivity index (χ4v) is 3.70. The van der Waals surface area contributed by atoms with E-state index >= 15 is 0 Å². The minimum Gasteiger partial charge on any atom is -0.378 e. The van der Waals surface area contributed by atoms with Crippen molar-refractivity contribution in [3.63, 3.8) is 0 Å². The maximum Gasteiger partial charge on any atom is 0.229 e. The zero-order valence-corrected chi connectivity index (χ0v) is 14.3. The molecule has 3 N–H and O–H groups in total. The number of fused-ring (bicyclic) bond motifs is 3. The fraction of sp³-hybridized carbons (Fsp3) is 0.368. The summed E-state index contributed by atoms with van der Waals surface area (Å²) in [6, 6.07) is 10.2. The van der Waals surface area contributed by atoms with Gasteiger partial charge in [-0.25, -0.2) is 0 Å². The van der Waals surface area contributed by atoms with Crippen molar-refractivity contribution in [2.24, 2.45) is 0 Å². The molecule has 3 aromatic rings. The molecule has 0 saturated heterocycles. The molecule has 6 heteroatoms. The normalized spacial score (nSPS) is 16.8. The summed E-state index contributed by atoms with van der Waals surface area (Å²) in [7, 11) is 1.64. The molecule has 0 radical (unpaired) electrons. The monoisotopic (exact) mass is 338 g/mol. The van der Waals surface area contributed by atoms with Gasteiger partial charge in [0.15, 0.2) is 0 Å². The summed E-state index contributed by atoms with van der Waals surface area (Å²) in [5, 5.41) is 11.4. The first-order valence-electron chi connectivity index (χ1n) is 8.65. The van der Waals surface area contributed by atoms with Crippen LogP contribution in [0.3, 0.4) is 0 Å². The van der Waals surface area contributed by atoms with Gasteiger partial charge in [-0.05, 0) is 37.0 Å². The molecule has 6 nitrogen and oxygen atoms in total. The second-order valence-electron chi connectivity index (χ2n) is 6.54. The maximum atomic E-state index is 12.8. The third-order valence-corrected chi connectivity index (χ3v) is 4.86. The van der Waals surface area contributed by atoms with Crippen LogP contribution in [-0.4, -0.2) is 28.2 Å². The number of aromatic amines is 2. The molecule has 2 aromatic heterocycles. The number of hydrogen-bond acceptors (Lipinski definition) is 3. The summed E-state index contributed by atoms with van der Waals surface area (Å²) in [5.41, 5.74) is 5.21. The third kappa shape index (κ3) is 3.05. The third-order valence-electron chi connectivity index (χ3n) is 4.86. The topological polar surface area (TPSA) is 82.8 Å². The average Bonchev–Trinajstić information content (AvgIpc) is 3.24. The van der Waals surface area contributed by atoms with Crippen LogP contribution in [0.1, 0.15) is 41.4 Å². The summed E-state index contributed by atoms with van der Waals surface area (Å²) in [4.78, 5) is 16.2. The first kappa shape index (κ1) is 15.9. The van der Waals surface area contributed by atoms with Crippen molar-refractivity contribution in [3.8, 4) is 0 Å². The summed E-state index contributed by atoms with van der Waals surface area (Å²) in [5.74, 6) is -0.0482. The quantitative estimate of drug-likeness (QED) is 0.669. The van der Waals surface area contributed by atoms with E-state index in [9.17, 15) is 4.79 Å². The van der Waals surface area contributed by atoms with E-state index in [1.807, 2.05) is 12.1 Å². The van der Waals surface area contributed by atoms with Crippen molar-refractivity contribution in [1.82, 2.24) is 20.5 Å². The number of benzene rings is 1. The second kappa shape index (κ2) is 6.72. The number of aromatic nitrogens is 3. The van der Waals surface area contributed by atoms with Crippen LogP contribution in [0.2, 0.25) is 0 Å². The van der Waals surface area contributed by atoms with Gasteiger partial charge in [0, 0.05) is 23.7 Å². The van der Waals surface area contributed by atoms with Gasteiger partial charge in [0.2, 0.25) is 5.91 Å². The van der Waals surface area contributed by atoms with Gasteiger partial charge >= 0.3 is 0 Å². The standard InChI is InChI=1S/C19H22N4O2/c1-25-11-13-9-12(22-23-13)10-20-19(24)16-7-4-6-15-14-5-2-3-8-17(14)21-18(15)16/h2-3,5,8-9,16,21H,4,6-7,10-11H2,1H3,(H,20,24)(H,22,23). The van der Waals surface area contributed by atoms with E-state index in [0.717, 1.165) is 41.9 Å². The van der Waals surface area contributed by atoms with Crippen LogP contribution >= 0.6 is 0 Å². The number of carbonyl (C=O) groups excluding carboxylic acids is 1. The lowest BCUT2D eigenvalue weighted by Crippen LogP contribution is -2.31. The molecule has 1 unspecified atom stereocenters. The van der Waals surface area contributed by atoms with Crippen LogP contribution in [0.15, 0.2) is 30.3 Å². The number of rotatable bonds is 5. The molecule has 1 amide bonds. The number of nitrogens with zero attached hydrogens (tertiary/aromatic N) is 1. The molecule has 0 aliphatic heterocycles. The molecule has 0 bridgehead atoms. The van der Waals surface area contributed by atoms with Gasteiger partial charge in [-0.2, -0.15) is 5.10 Å². The molecule has 1 aromatic carbocycles. The number of amides is 1. The molecule has 0 saturated carbocycles. The van der Waals surface area contributed by atoms with Crippen LogP contribution < -0.4 is 5.32 Å². The van der Waals surface area contributed by atoms with Crippen LogP contribution in [0.25, 0.3) is 10.9 Å². The Kier molecular flexibility index (Phi) is 4.28. The van der Waals surface area contributed by atoms with Gasteiger partial charge in [0.1, 0.15) is 0 Å². The van der Waals surface area contributed by atoms with Crippen molar-refractivity contribution in [2.75, 3.05) is 7.11 Å². The predicted molar refractivity (Wildman–Crippen MR) is 95.1 cm³/mol. The van der Waals surface area contributed by atoms with Gasteiger partial charge < -0.3 is 15.0 Å². The van der Waals surface area contributed by atoms with Crippen molar-refractivity contribution < 1.29 is 9.53 Å². The summed E-state index contributed by atoms with van der Waals surface area (Å²) >= 11 is 0. The molecule has 25 heavy (non-hydrogen) atoms. The van der Waals surface area contributed by atoms with E-state index in [-0.39, 0.29) is 11.8 Å². The number of ether oxygens (including phenoxy) is 1. The Hall–Kier alpha value is -2.60. The summed E-state index contributed by atoms with van der Waals surface area (Å²) in [6.45, 7) is 0.910. The highest BCUT2D eigenvalue weighted by atomic mass is 16.5. The molecule has 1 aliphatic carbocycles. The van der Waals surface area contributed by atoms with E-state index in [4.69, 9.17) is 4.74 Å². The van der Waals surface area contributed by atoms with Crippen molar-refractivity contribution in [2.45, 2.75) is 38.3 Å². The minimum atomic E-state index is -0.113. The van der Waals surface area contributed by atoms with Crippen LogP contribution in [-0.2, 0) is 29.1 Å². The maximum absolute atomic E-state index is 12.8. The Morgan fingerprint density at radius 1 is 1.40 bits per heavy atom. The lowest BCUT2D eigenvalue weighted by atomic mass is 9.86. The molecule has 0 spiro atoms. The van der Waals surface area contributed by atoms with Crippen LogP contribution in [0, 0.1) is 0 Å². The van der Waals surface area contributed by atoms with Crippen molar-refractivity contribution in [1.29, 1.82) is 0 Å². The van der Waals surface area contributed by atoms with E-state index in [0.29, 0.717) is 13.2 Å². The van der Waals surface area contributed by atoms with Crippen LogP contribution in [0.5, 0.6) is 0 Å². The summed E-state index contributed by atoms with van der Waals surface area (Å²) in [6.07, 6.45) is 2.95. The van der Waals surface area contributed by atoms with Gasteiger partial charge in [0.25, 0.3) is 0 Å². The van der Waals surface area contributed by atoms with E-state index in [2.05, 4.69) is 38.7 Å². The number of carbonyl (C=O) groups is 1. The Morgan fingerprint density at radius 3 is 3.16 bits per heavy atom. The second-order valence-corrected chi connectivity index (χ2v) is 6.54. The zero-order chi connectivity index (χ0) is 17.2. The van der Waals surface area contributed by atoms with Gasteiger partial charge in [-0.3, -0.25) is 9.89 Å². The molecular formula is C19H22N4O2.